The second-order valence-electron chi connectivity index (χ2n) is 6.93. The van der Waals surface area contributed by atoms with Gasteiger partial charge in [0.15, 0.2) is 9.84 Å². The molecule has 0 radical (unpaired) electrons. The standard InChI is InChI=1S/C20H22ClNO4S/c1-13(2)26-19-9-8-16(27(3,24)25)12-17(19)20(23)22-10-4-5-14-6-7-15(21)11-18(14)22/h6-9,11-13H,4-5,10H2,1-3H3. The van der Waals surface area contributed by atoms with Gasteiger partial charge in [0.2, 0.25) is 0 Å². The summed E-state index contributed by atoms with van der Waals surface area (Å²) in [5.41, 5.74) is 2.04. The van der Waals surface area contributed by atoms with Gasteiger partial charge in [-0.05, 0) is 62.6 Å². The van der Waals surface area contributed by atoms with Gasteiger partial charge in [0.05, 0.1) is 16.6 Å². The highest BCUT2D eigenvalue weighted by Crippen LogP contribution is 2.33. The first-order valence-electron chi connectivity index (χ1n) is 8.78. The first kappa shape index (κ1) is 19.7. The number of carbonyl (C=O) groups excluding carboxylic acids is 1. The molecule has 0 unspecified atom stereocenters. The van der Waals surface area contributed by atoms with Gasteiger partial charge in [0.25, 0.3) is 5.91 Å². The van der Waals surface area contributed by atoms with Gasteiger partial charge in [-0.3, -0.25) is 4.79 Å². The van der Waals surface area contributed by atoms with Crippen molar-refractivity contribution < 1.29 is 17.9 Å². The van der Waals surface area contributed by atoms with Gasteiger partial charge in [-0.15, -0.1) is 0 Å². The molecule has 1 aliphatic rings. The summed E-state index contributed by atoms with van der Waals surface area (Å²) in [6.07, 6.45) is 2.67. The van der Waals surface area contributed by atoms with E-state index in [9.17, 15) is 13.2 Å². The van der Waals surface area contributed by atoms with Crippen LogP contribution in [0, 0.1) is 0 Å². The van der Waals surface area contributed by atoms with E-state index in [-0.39, 0.29) is 22.5 Å². The smallest absolute Gasteiger partial charge is 0.262 e. The fourth-order valence-electron chi connectivity index (χ4n) is 3.17. The lowest BCUT2D eigenvalue weighted by Gasteiger charge is -2.30. The minimum atomic E-state index is -3.45. The van der Waals surface area contributed by atoms with Crippen molar-refractivity contribution in [3.63, 3.8) is 0 Å². The number of sulfone groups is 1. The van der Waals surface area contributed by atoms with E-state index in [1.165, 1.54) is 12.1 Å². The molecule has 7 heteroatoms. The quantitative estimate of drug-likeness (QED) is 0.764. The SMILES string of the molecule is CC(C)Oc1ccc(S(C)(=O)=O)cc1C(=O)N1CCCc2ccc(Cl)cc21. The predicted octanol–water partition coefficient (Wildman–Crippen LogP) is 4.12. The number of carbonyl (C=O) groups is 1. The van der Waals surface area contributed by atoms with Crippen LogP contribution < -0.4 is 9.64 Å². The number of benzene rings is 2. The normalized spacial score (nSPS) is 14.2. The van der Waals surface area contributed by atoms with Gasteiger partial charge in [-0.2, -0.15) is 0 Å². The Morgan fingerprint density at radius 3 is 2.59 bits per heavy atom. The van der Waals surface area contributed by atoms with E-state index in [1.54, 1.807) is 17.0 Å². The molecule has 5 nitrogen and oxygen atoms in total. The lowest BCUT2D eigenvalue weighted by atomic mass is 10.0. The number of fused-ring (bicyclic) bond motifs is 1. The lowest BCUT2D eigenvalue weighted by Crippen LogP contribution is -2.36. The van der Waals surface area contributed by atoms with Gasteiger partial charge in [-0.25, -0.2) is 8.42 Å². The van der Waals surface area contributed by atoms with Crippen LogP contribution in [0.25, 0.3) is 0 Å². The molecule has 27 heavy (non-hydrogen) atoms. The summed E-state index contributed by atoms with van der Waals surface area (Å²) >= 11 is 6.14. The zero-order valence-corrected chi connectivity index (χ0v) is 17.1. The first-order valence-corrected chi connectivity index (χ1v) is 11.0. The Kier molecular flexibility index (Phi) is 5.49. The molecule has 0 bridgehead atoms. The average Bonchev–Trinajstić information content (AvgIpc) is 2.59. The second kappa shape index (κ2) is 7.52. The molecule has 0 fully saturated rings. The van der Waals surface area contributed by atoms with Crippen molar-refractivity contribution >= 4 is 33.0 Å². The molecule has 1 heterocycles. The number of hydrogen-bond donors (Lipinski definition) is 0. The molecule has 2 aromatic rings. The highest BCUT2D eigenvalue weighted by Gasteiger charge is 2.27. The zero-order valence-electron chi connectivity index (χ0n) is 15.5. The fourth-order valence-corrected chi connectivity index (χ4v) is 3.98. The van der Waals surface area contributed by atoms with Gasteiger partial charge in [-0.1, -0.05) is 17.7 Å². The van der Waals surface area contributed by atoms with E-state index >= 15 is 0 Å². The van der Waals surface area contributed by atoms with Crippen LogP contribution in [0.3, 0.4) is 0 Å². The highest BCUT2D eigenvalue weighted by molar-refractivity contribution is 7.90. The van der Waals surface area contributed by atoms with E-state index in [1.807, 2.05) is 26.0 Å². The van der Waals surface area contributed by atoms with Crippen LogP contribution >= 0.6 is 11.6 Å². The molecule has 0 aromatic heterocycles. The molecular formula is C20H22ClNO4S. The maximum Gasteiger partial charge on any atom is 0.262 e. The largest absolute Gasteiger partial charge is 0.490 e. The molecule has 0 N–H and O–H groups in total. The zero-order chi connectivity index (χ0) is 19.8. The maximum absolute atomic E-state index is 13.4. The third-order valence-electron chi connectivity index (χ3n) is 4.38. The molecule has 3 rings (SSSR count). The molecule has 0 atom stereocenters. The number of amides is 1. The van der Waals surface area contributed by atoms with Crippen LogP contribution in [0.1, 0.15) is 36.2 Å². The number of hydrogen-bond acceptors (Lipinski definition) is 4. The summed E-state index contributed by atoms with van der Waals surface area (Å²) in [5, 5.41) is 0.553. The van der Waals surface area contributed by atoms with Crippen molar-refractivity contribution in [3.05, 3.63) is 52.5 Å². The van der Waals surface area contributed by atoms with E-state index in [4.69, 9.17) is 16.3 Å². The minimum Gasteiger partial charge on any atom is -0.490 e. The summed E-state index contributed by atoms with van der Waals surface area (Å²) in [4.78, 5) is 15.1. The Bertz CT molecular complexity index is 985. The number of rotatable bonds is 4. The van der Waals surface area contributed by atoms with Crippen molar-refractivity contribution in [3.8, 4) is 5.75 Å². The fraction of sp³-hybridized carbons (Fsp3) is 0.350. The van der Waals surface area contributed by atoms with E-state index in [2.05, 4.69) is 0 Å². The number of ether oxygens (including phenoxy) is 1. The maximum atomic E-state index is 13.4. The molecular weight excluding hydrogens is 386 g/mol. The number of halogens is 1. The molecule has 2 aromatic carbocycles. The van der Waals surface area contributed by atoms with Crippen LogP contribution in [-0.4, -0.2) is 33.2 Å². The molecule has 0 saturated carbocycles. The first-order chi connectivity index (χ1) is 12.7. The number of aryl methyl sites for hydroxylation is 1. The predicted molar refractivity (Wildman–Crippen MR) is 107 cm³/mol. The van der Waals surface area contributed by atoms with Gasteiger partial charge >= 0.3 is 0 Å². The Balaban J connectivity index is 2.10. The molecule has 0 saturated heterocycles. The Hall–Kier alpha value is -2.05. The van der Waals surface area contributed by atoms with Crippen molar-refractivity contribution in [2.24, 2.45) is 0 Å². The summed E-state index contributed by atoms with van der Waals surface area (Å²) in [5.74, 6) is 0.0796. The van der Waals surface area contributed by atoms with Crippen molar-refractivity contribution in [1.82, 2.24) is 0 Å². The van der Waals surface area contributed by atoms with Gasteiger partial charge < -0.3 is 9.64 Å². The Morgan fingerprint density at radius 2 is 1.93 bits per heavy atom. The van der Waals surface area contributed by atoms with E-state index in [0.29, 0.717) is 17.3 Å². The van der Waals surface area contributed by atoms with E-state index in [0.717, 1.165) is 30.3 Å². The monoisotopic (exact) mass is 407 g/mol. The van der Waals surface area contributed by atoms with E-state index < -0.39 is 9.84 Å². The van der Waals surface area contributed by atoms with Crippen LogP contribution in [0.2, 0.25) is 5.02 Å². The third-order valence-corrected chi connectivity index (χ3v) is 5.73. The summed E-state index contributed by atoms with van der Waals surface area (Å²) in [6, 6.07) is 9.92. The Morgan fingerprint density at radius 1 is 1.19 bits per heavy atom. The second-order valence-corrected chi connectivity index (χ2v) is 9.38. The van der Waals surface area contributed by atoms with Crippen molar-refractivity contribution in [1.29, 1.82) is 0 Å². The minimum absolute atomic E-state index is 0.0882. The van der Waals surface area contributed by atoms with Crippen LogP contribution in [0.4, 0.5) is 5.69 Å². The Labute approximate surface area is 164 Å². The molecule has 1 aliphatic heterocycles. The van der Waals surface area contributed by atoms with Crippen LogP contribution in [-0.2, 0) is 16.3 Å². The highest BCUT2D eigenvalue weighted by atomic mass is 35.5. The van der Waals surface area contributed by atoms with Crippen LogP contribution in [0.5, 0.6) is 5.75 Å². The lowest BCUT2D eigenvalue weighted by molar-refractivity contribution is 0.0979. The molecule has 144 valence electrons. The van der Waals surface area contributed by atoms with Gasteiger partial charge in [0.1, 0.15) is 5.75 Å². The molecule has 0 spiro atoms. The van der Waals surface area contributed by atoms with Crippen LogP contribution in [0.15, 0.2) is 41.3 Å². The molecule has 0 aliphatic carbocycles. The average molecular weight is 408 g/mol. The third kappa shape index (κ3) is 4.28. The topological polar surface area (TPSA) is 63.7 Å². The summed E-state index contributed by atoms with van der Waals surface area (Å²) < 4.78 is 29.7. The number of nitrogens with zero attached hydrogens (tertiary/aromatic N) is 1. The van der Waals surface area contributed by atoms with Crippen molar-refractivity contribution in [2.45, 2.75) is 37.7 Å². The summed E-state index contributed by atoms with van der Waals surface area (Å²) in [6.45, 7) is 4.25. The van der Waals surface area contributed by atoms with Crippen molar-refractivity contribution in [2.75, 3.05) is 17.7 Å². The number of anilines is 1. The van der Waals surface area contributed by atoms with Gasteiger partial charge in [0, 0.05) is 23.5 Å². The summed E-state index contributed by atoms with van der Waals surface area (Å²) in [7, 11) is -3.45. The molecule has 1 amide bonds.